The van der Waals surface area contributed by atoms with E-state index in [-0.39, 0.29) is 17.0 Å². The van der Waals surface area contributed by atoms with Gasteiger partial charge in [0.05, 0.1) is 12.0 Å². The van der Waals surface area contributed by atoms with Crippen LogP contribution in [0.4, 0.5) is 0 Å². The van der Waals surface area contributed by atoms with Crippen molar-refractivity contribution in [2.45, 2.75) is 26.2 Å². The number of H-pyrrole nitrogens is 2. The fourth-order valence-corrected chi connectivity index (χ4v) is 1.75. The van der Waals surface area contributed by atoms with E-state index in [1.165, 1.54) is 18.5 Å². The van der Waals surface area contributed by atoms with E-state index >= 15 is 0 Å². The third kappa shape index (κ3) is 2.94. The second kappa shape index (κ2) is 5.00. The minimum absolute atomic E-state index is 0.124. The molecule has 0 saturated heterocycles. The van der Waals surface area contributed by atoms with E-state index in [9.17, 15) is 9.59 Å². The molecule has 0 aliphatic heterocycles. The van der Waals surface area contributed by atoms with E-state index in [0.717, 1.165) is 11.3 Å². The summed E-state index contributed by atoms with van der Waals surface area (Å²) in [6.45, 7) is 4.03. The highest BCUT2D eigenvalue weighted by Gasteiger charge is 2.05. The number of pyridine rings is 1. The lowest BCUT2D eigenvalue weighted by Crippen LogP contribution is -2.12. The van der Waals surface area contributed by atoms with E-state index < -0.39 is 0 Å². The molecule has 0 unspecified atom stereocenters. The molecule has 2 N–H and O–H groups in total. The molecular formula is C13H15N3O2. The predicted octanol–water partition coefficient (Wildman–Crippen LogP) is 1.17. The van der Waals surface area contributed by atoms with Crippen LogP contribution in [0, 0.1) is 0 Å². The topological polar surface area (TPSA) is 78.6 Å². The molecule has 0 spiro atoms. The number of nitrogens with one attached hydrogen (secondary N) is 2. The van der Waals surface area contributed by atoms with Gasteiger partial charge in [-0.15, -0.1) is 0 Å². The zero-order valence-corrected chi connectivity index (χ0v) is 10.4. The van der Waals surface area contributed by atoms with Crippen molar-refractivity contribution < 1.29 is 0 Å². The number of aromatic amines is 2. The first-order chi connectivity index (χ1) is 8.54. The van der Waals surface area contributed by atoms with Gasteiger partial charge in [0.25, 0.3) is 5.56 Å². The summed E-state index contributed by atoms with van der Waals surface area (Å²) in [4.78, 5) is 32.0. The Morgan fingerprint density at radius 3 is 2.61 bits per heavy atom. The Morgan fingerprint density at radius 2 is 1.94 bits per heavy atom. The highest BCUT2D eigenvalue weighted by atomic mass is 16.1. The molecule has 5 heteroatoms. The Morgan fingerprint density at radius 1 is 1.17 bits per heavy atom. The SMILES string of the molecule is CC(C)c1cc(Cc2cc(=O)[nH]cn2)cc(=O)[nH]1. The zero-order chi connectivity index (χ0) is 13.1. The molecule has 0 aliphatic carbocycles. The monoisotopic (exact) mass is 245 g/mol. The van der Waals surface area contributed by atoms with Gasteiger partial charge in [-0.3, -0.25) is 9.59 Å². The molecule has 0 amide bonds. The van der Waals surface area contributed by atoms with Gasteiger partial charge in [0.2, 0.25) is 5.56 Å². The maximum absolute atomic E-state index is 11.5. The van der Waals surface area contributed by atoms with Crippen LogP contribution in [-0.2, 0) is 6.42 Å². The van der Waals surface area contributed by atoms with Gasteiger partial charge in [-0.25, -0.2) is 4.98 Å². The Kier molecular flexibility index (Phi) is 3.41. The van der Waals surface area contributed by atoms with Gasteiger partial charge in [0.15, 0.2) is 0 Å². The number of nitrogens with zero attached hydrogens (tertiary/aromatic N) is 1. The summed E-state index contributed by atoms with van der Waals surface area (Å²) < 4.78 is 0. The summed E-state index contributed by atoms with van der Waals surface area (Å²) in [5, 5.41) is 0. The largest absolute Gasteiger partial charge is 0.326 e. The Labute approximate surface area is 104 Å². The van der Waals surface area contributed by atoms with E-state index in [1.54, 1.807) is 0 Å². The second-order valence-electron chi connectivity index (χ2n) is 4.54. The molecule has 0 aromatic carbocycles. The highest BCUT2D eigenvalue weighted by Crippen LogP contribution is 2.12. The molecule has 0 saturated carbocycles. The van der Waals surface area contributed by atoms with Crippen LogP contribution in [0.5, 0.6) is 0 Å². The Hall–Kier alpha value is -2.17. The van der Waals surface area contributed by atoms with Crippen molar-refractivity contribution in [1.82, 2.24) is 15.0 Å². The summed E-state index contributed by atoms with van der Waals surface area (Å²) in [7, 11) is 0. The van der Waals surface area contributed by atoms with Gasteiger partial charge in [0, 0.05) is 24.2 Å². The van der Waals surface area contributed by atoms with E-state index in [0.29, 0.717) is 12.1 Å². The Bertz CT molecular complexity index is 656. The van der Waals surface area contributed by atoms with E-state index in [4.69, 9.17) is 0 Å². The van der Waals surface area contributed by atoms with Crippen molar-refractivity contribution in [2.75, 3.05) is 0 Å². The molecule has 2 heterocycles. The van der Waals surface area contributed by atoms with Crippen LogP contribution < -0.4 is 11.1 Å². The molecule has 0 radical (unpaired) electrons. The first-order valence-corrected chi connectivity index (χ1v) is 5.81. The quantitative estimate of drug-likeness (QED) is 0.852. The van der Waals surface area contributed by atoms with Gasteiger partial charge >= 0.3 is 0 Å². The van der Waals surface area contributed by atoms with Gasteiger partial charge in [-0.1, -0.05) is 13.8 Å². The first-order valence-electron chi connectivity index (χ1n) is 5.81. The molecule has 18 heavy (non-hydrogen) atoms. The number of hydrogen-bond donors (Lipinski definition) is 2. The highest BCUT2D eigenvalue weighted by molar-refractivity contribution is 5.23. The number of hydrogen-bond acceptors (Lipinski definition) is 3. The van der Waals surface area contributed by atoms with Crippen molar-refractivity contribution in [1.29, 1.82) is 0 Å². The fraction of sp³-hybridized carbons (Fsp3) is 0.308. The number of aromatic nitrogens is 3. The predicted molar refractivity (Wildman–Crippen MR) is 68.8 cm³/mol. The van der Waals surface area contributed by atoms with Gasteiger partial charge < -0.3 is 9.97 Å². The number of rotatable bonds is 3. The van der Waals surface area contributed by atoms with Crippen LogP contribution in [0.3, 0.4) is 0 Å². The van der Waals surface area contributed by atoms with Crippen LogP contribution in [0.2, 0.25) is 0 Å². The standard InChI is InChI=1S/C13H15N3O2/c1-8(2)11-4-9(5-13(18)16-11)3-10-6-12(17)15-7-14-10/h4-8H,3H2,1-2H3,(H,16,18)(H,14,15,17). The minimum atomic E-state index is -0.186. The lowest BCUT2D eigenvalue weighted by atomic mass is 10.0. The van der Waals surface area contributed by atoms with Crippen LogP contribution >= 0.6 is 0 Å². The van der Waals surface area contributed by atoms with E-state index in [2.05, 4.69) is 15.0 Å². The maximum atomic E-state index is 11.5. The summed E-state index contributed by atoms with van der Waals surface area (Å²) in [6.07, 6.45) is 1.85. The van der Waals surface area contributed by atoms with Crippen molar-refractivity contribution in [3.63, 3.8) is 0 Å². The van der Waals surface area contributed by atoms with Crippen LogP contribution in [-0.4, -0.2) is 15.0 Å². The summed E-state index contributed by atoms with van der Waals surface area (Å²) in [6, 6.07) is 4.92. The molecule has 0 bridgehead atoms. The third-order valence-electron chi connectivity index (χ3n) is 2.67. The zero-order valence-electron chi connectivity index (χ0n) is 10.4. The average molecular weight is 245 g/mol. The molecule has 2 aromatic rings. The third-order valence-corrected chi connectivity index (χ3v) is 2.67. The van der Waals surface area contributed by atoms with Crippen molar-refractivity contribution >= 4 is 0 Å². The van der Waals surface area contributed by atoms with Crippen LogP contribution in [0.1, 0.15) is 36.7 Å². The van der Waals surface area contributed by atoms with Crippen LogP contribution in [0.25, 0.3) is 0 Å². The lowest BCUT2D eigenvalue weighted by Gasteiger charge is -2.07. The fourth-order valence-electron chi connectivity index (χ4n) is 1.75. The lowest BCUT2D eigenvalue weighted by molar-refractivity contribution is 0.810. The van der Waals surface area contributed by atoms with Gasteiger partial charge in [0.1, 0.15) is 0 Å². The molecule has 2 rings (SSSR count). The normalized spacial score (nSPS) is 10.8. The van der Waals surface area contributed by atoms with Crippen molar-refractivity contribution in [2.24, 2.45) is 0 Å². The van der Waals surface area contributed by atoms with Crippen molar-refractivity contribution in [3.8, 4) is 0 Å². The molecule has 5 nitrogen and oxygen atoms in total. The summed E-state index contributed by atoms with van der Waals surface area (Å²) in [5.74, 6) is 0.254. The molecular weight excluding hydrogens is 230 g/mol. The molecule has 94 valence electrons. The smallest absolute Gasteiger partial charge is 0.250 e. The Balaban J connectivity index is 2.34. The molecule has 2 aromatic heterocycles. The van der Waals surface area contributed by atoms with Crippen LogP contribution in [0.15, 0.2) is 34.1 Å². The first kappa shape index (κ1) is 12.3. The minimum Gasteiger partial charge on any atom is -0.326 e. The molecule has 0 aliphatic rings. The average Bonchev–Trinajstić information content (AvgIpc) is 2.28. The van der Waals surface area contributed by atoms with E-state index in [1.807, 2.05) is 19.9 Å². The molecule has 0 fully saturated rings. The van der Waals surface area contributed by atoms with Gasteiger partial charge in [-0.05, 0) is 17.5 Å². The van der Waals surface area contributed by atoms with Crippen molar-refractivity contribution in [3.05, 3.63) is 62.2 Å². The maximum Gasteiger partial charge on any atom is 0.250 e. The molecule has 0 atom stereocenters. The van der Waals surface area contributed by atoms with Gasteiger partial charge in [-0.2, -0.15) is 0 Å². The summed E-state index contributed by atoms with van der Waals surface area (Å²) >= 11 is 0. The summed E-state index contributed by atoms with van der Waals surface area (Å²) in [5.41, 5.74) is 2.09. The second-order valence-corrected chi connectivity index (χ2v) is 4.54.